The quantitative estimate of drug-likeness (QED) is 0.402. The van der Waals surface area contributed by atoms with E-state index in [2.05, 4.69) is 5.32 Å². The number of carbonyl (C=O) groups is 5. The van der Waals surface area contributed by atoms with Crippen LogP contribution in [0.4, 0.5) is 0 Å². The highest BCUT2D eigenvalue weighted by Gasteiger charge is 2.51. The normalized spacial score (nSPS) is 24.2. The summed E-state index contributed by atoms with van der Waals surface area (Å²) in [7, 11) is 0. The number of amides is 1. The van der Waals surface area contributed by atoms with E-state index in [1.165, 1.54) is 38.1 Å². The first kappa shape index (κ1) is 25.6. The number of hydrogen-bond donors (Lipinski definition) is 2. The van der Waals surface area contributed by atoms with E-state index in [0.717, 1.165) is 13.8 Å². The topological polar surface area (TPSA) is 164 Å². The molecule has 1 heterocycles. The highest BCUT2D eigenvalue weighted by molar-refractivity contribution is 5.88. The molecule has 2 rings (SSSR count). The van der Waals surface area contributed by atoms with Crippen molar-refractivity contribution in [2.45, 2.75) is 58.3 Å². The molecular formula is C21H25NO11. The van der Waals surface area contributed by atoms with Gasteiger partial charge in [-0.05, 0) is 18.2 Å². The minimum Gasteiger partial charge on any atom is -0.478 e. The number of carboxylic acid groups (broad SMARTS) is 1. The smallest absolute Gasteiger partial charge is 0.335 e. The van der Waals surface area contributed by atoms with Crippen LogP contribution in [-0.2, 0) is 38.1 Å². The summed E-state index contributed by atoms with van der Waals surface area (Å²) in [4.78, 5) is 58.1. The van der Waals surface area contributed by atoms with Gasteiger partial charge in [0.15, 0.2) is 12.2 Å². The molecule has 1 fully saturated rings. The predicted molar refractivity (Wildman–Crippen MR) is 108 cm³/mol. The fourth-order valence-corrected chi connectivity index (χ4v) is 3.23. The zero-order valence-corrected chi connectivity index (χ0v) is 18.4. The summed E-state index contributed by atoms with van der Waals surface area (Å²) in [6, 6.07) is 4.32. The summed E-state index contributed by atoms with van der Waals surface area (Å²) in [5, 5.41) is 11.8. The zero-order chi connectivity index (χ0) is 24.7. The minimum atomic E-state index is -1.34. The Morgan fingerprint density at radius 3 is 2.15 bits per heavy atom. The zero-order valence-electron chi connectivity index (χ0n) is 18.4. The van der Waals surface area contributed by atoms with Gasteiger partial charge in [-0.2, -0.15) is 0 Å². The Morgan fingerprint density at radius 2 is 1.61 bits per heavy atom. The average molecular weight is 467 g/mol. The lowest BCUT2D eigenvalue weighted by atomic mass is 9.96. The van der Waals surface area contributed by atoms with Gasteiger partial charge in [0.05, 0.1) is 5.56 Å². The van der Waals surface area contributed by atoms with Crippen LogP contribution in [0, 0.1) is 0 Å². The lowest BCUT2D eigenvalue weighted by Gasteiger charge is -2.44. The molecule has 0 aliphatic carbocycles. The standard InChI is InChI=1S/C21H25NO11/c1-10(23)22-17-19(31-13(4)26)18(30-12(3)25)16(9-29-11(2)24)33-21(17)32-15-7-5-6-14(8-15)20(27)28/h5-8,16-19,21H,9H2,1-4H3,(H,22,23)(H,27,28)/t16-,17+,18-,19+,21-/m1/s1. The second-order valence-corrected chi connectivity index (χ2v) is 7.17. The molecule has 12 heteroatoms. The van der Waals surface area contributed by atoms with Crippen LogP contribution in [0.5, 0.6) is 5.75 Å². The van der Waals surface area contributed by atoms with Gasteiger partial charge >= 0.3 is 23.9 Å². The predicted octanol–water partition coefficient (Wildman–Crippen LogP) is 0.420. The lowest BCUT2D eigenvalue weighted by Crippen LogP contribution is -2.67. The Kier molecular flexibility index (Phi) is 8.74. The van der Waals surface area contributed by atoms with Crippen molar-refractivity contribution in [1.29, 1.82) is 0 Å². The molecule has 180 valence electrons. The number of nitrogens with one attached hydrogen (secondary N) is 1. The van der Waals surface area contributed by atoms with Crippen molar-refractivity contribution in [3.05, 3.63) is 29.8 Å². The molecule has 1 aliphatic rings. The molecule has 1 aliphatic heterocycles. The first-order chi connectivity index (χ1) is 15.5. The summed E-state index contributed by atoms with van der Waals surface area (Å²) in [5.41, 5.74) is -0.0647. The van der Waals surface area contributed by atoms with Gasteiger partial charge < -0.3 is 34.1 Å². The first-order valence-corrected chi connectivity index (χ1v) is 9.88. The molecule has 1 aromatic carbocycles. The first-order valence-electron chi connectivity index (χ1n) is 9.88. The van der Waals surface area contributed by atoms with E-state index in [-0.39, 0.29) is 17.9 Å². The third-order valence-corrected chi connectivity index (χ3v) is 4.40. The van der Waals surface area contributed by atoms with E-state index >= 15 is 0 Å². The van der Waals surface area contributed by atoms with Crippen LogP contribution >= 0.6 is 0 Å². The fraction of sp³-hybridized carbons (Fsp3) is 0.476. The van der Waals surface area contributed by atoms with Crippen LogP contribution in [0.25, 0.3) is 0 Å². The number of esters is 3. The van der Waals surface area contributed by atoms with Crippen molar-refractivity contribution in [1.82, 2.24) is 5.32 Å². The van der Waals surface area contributed by atoms with E-state index in [9.17, 15) is 29.1 Å². The molecule has 0 unspecified atom stereocenters. The van der Waals surface area contributed by atoms with Crippen molar-refractivity contribution in [2.24, 2.45) is 0 Å². The number of carboxylic acids is 1. The van der Waals surface area contributed by atoms with Crippen LogP contribution < -0.4 is 10.1 Å². The van der Waals surface area contributed by atoms with Crippen LogP contribution in [0.15, 0.2) is 24.3 Å². The maximum atomic E-state index is 11.9. The molecule has 12 nitrogen and oxygen atoms in total. The number of ether oxygens (including phenoxy) is 5. The van der Waals surface area contributed by atoms with Crippen molar-refractivity contribution in [2.75, 3.05) is 6.61 Å². The number of benzene rings is 1. The SMILES string of the molecule is CC(=O)N[C@@H]1[C@H](Oc2cccc(C(=O)O)c2)O[C@H](COC(C)=O)[C@@H](OC(C)=O)[C@H]1OC(C)=O. The van der Waals surface area contributed by atoms with Crippen LogP contribution in [0.1, 0.15) is 38.1 Å². The van der Waals surface area contributed by atoms with Crippen molar-refractivity contribution < 1.29 is 52.8 Å². The van der Waals surface area contributed by atoms with Gasteiger partial charge in [0.2, 0.25) is 12.2 Å². The maximum Gasteiger partial charge on any atom is 0.335 e. The molecule has 2 N–H and O–H groups in total. The monoisotopic (exact) mass is 467 g/mol. The van der Waals surface area contributed by atoms with E-state index < -0.39 is 60.4 Å². The van der Waals surface area contributed by atoms with Gasteiger partial charge in [-0.25, -0.2) is 4.79 Å². The van der Waals surface area contributed by atoms with Crippen molar-refractivity contribution >= 4 is 29.8 Å². The Balaban J connectivity index is 2.47. The molecule has 33 heavy (non-hydrogen) atoms. The van der Waals surface area contributed by atoms with E-state index in [0.29, 0.717) is 0 Å². The van der Waals surface area contributed by atoms with Gasteiger partial charge in [-0.1, -0.05) is 6.07 Å². The van der Waals surface area contributed by atoms with Crippen LogP contribution in [0.2, 0.25) is 0 Å². The summed E-state index contributed by atoms with van der Waals surface area (Å²) < 4.78 is 27.3. The van der Waals surface area contributed by atoms with Gasteiger partial charge in [0.1, 0.15) is 24.5 Å². The molecule has 1 aromatic rings. The highest BCUT2D eigenvalue weighted by atomic mass is 16.7. The molecule has 1 saturated heterocycles. The highest BCUT2D eigenvalue weighted by Crippen LogP contribution is 2.29. The molecular weight excluding hydrogens is 442 g/mol. The molecule has 1 amide bonds. The minimum absolute atomic E-state index is 0.0647. The van der Waals surface area contributed by atoms with E-state index in [1.807, 2.05) is 0 Å². The third-order valence-electron chi connectivity index (χ3n) is 4.40. The van der Waals surface area contributed by atoms with Crippen LogP contribution in [-0.4, -0.2) is 72.1 Å². The number of hydrogen-bond acceptors (Lipinski definition) is 10. The maximum absolute atomic E-state index is 11.9. The largest absolute Gasteiger partial charge is 0.478 e. The molecule has 0 bridgehead atoms. The van der Waals surface area contributed by atoms with Crippen molar-refractivity contribution in [3.8, 4) is 5.75 Å². The number of carbonyl (C=O) groups excluding carboxylic acids is 4. The second-order valence-electron chi connectivity index (χ2n) is 7.17. The molecule has 5 atom stereocenters. The average Bonchev–Trinajstić information content (AvgIpc) is 2.70. The van der Waals surface area contributed by atoms with Crippen molar-refractivity contribution in [3.63, 3.8) is 0 Å². The molecule has 0 radical (unpaired) electrons. The lowest BCUT2D eigenvalue weighted by molar-refractivity contribution is -0.257. The van der Waals surface area contributed by atoms with E-state index in [4.69, 9.17) is 23.7 Å². The molecule has 0 spiro atoms. The number of rotatable bonds is 8. The summed E-state index contributed by atoms with van der Waals surface area (Å²) in [6.07, 6.45) is -5.01. The Hall–Kier alpha value is -3.67. The fourth-order valence-electron chi connectivity index (χ4n) is 3.23. The Bertz CT molecular complexity index is 915. The number of aromatic carboxylic acids is 1. The molecule has 0 saturated carbocycles. The molecule has 0 aromatic heterocycles. The van der Waals surface area contributed by atoms with Gasteiger partial charge in [0, 0.05) is 27.7 Å². The Morgan fingerprint density at radius 1 is 0.970 bits per heavy atom. The third kappa shape index (κ3) is 7.45. The van der Waals surface area contributed by atoms with Gasteiger partial charge in [-0.3, -0.25) is 19.2 Å². The summed E-state index contributed by atoms with van der Waals surface area (Å²) in [5.74, 6) is -3.76. The summed E-state index contributed by atoms with van der Waals surface area (Å²) in [6.45, 7) is 4.24. The van der Waals surface area contributed by atoms with Gasteiger partial charge in [0.25, 0.3) is 0 Å². The second kappa shape index (κ2) is 11.3. The Labute approximate surface area is 189 Å². The van der Waals surface area contributed by atoms with Gasteiger partial charge in [-0.15, -0.1) is 0 Å². The van der Waals surface area contributed by atoms with Crippen LogP contribution in [0.3, 0.4) is 0 Å². The van der Waals surface area contributed by atoms with E-state index in [1.54, 1.807) is 0 Å². The summed E-state index contributed by atoms with van der Waals surface area (Å²) >= 11 is 0.